The van der Waals surface area contributed by atoms with Crippen LogP contribution in [0.5, 0.6) is 0 Å². The largest absolute Gasteiger partial charge is 0.352 e. The predicted octanol–water partition coefficient (Wildman–Crippen LogP) is 5.96. The second kappa shape index (κ2) is 14.2. The molecule has 0 saturated heterocycles. The summed E-state index contributed by atoms with van der Waals surface area (Å²) in [6.45, 7) is 0.943. The Morgan fingerprint density at radius 2 is 1.72 bits per heavy atom. The van der Waals surface area contributed by atoms with Gasteiger partial charge in [-0.25, -0.2) is 8.42 Å². The van der Waals surface area contributed by atoms with Crippen molar-refractivity contribution in [1.82, 2.24) is 10.2 Å². The Kier molecular flexibility index (Phi) is 10.6. The third kappa shape index (κ3) is 7.84. The SMILES string of the molecule is CC[C@H](C(=O)NC1CCCC1)N(Cc1ccc(Cl)cc1Cl)C(=O)CN(c1cccc([N+](=O)[O-])c1)S(=O)(=O)c1ccccc1. The van der Waals surface area contributed by atoms with Gasteiger partial charge in [-0.05, 0) is 55.2 Å². The first-order valence-corrected chi connectivity index (χ1v) is 16.1. The maximum absolute atomic E-state index is 14.2. The minimum Gasteiger partial charge on any atom is -0.352 e. The van der Waals surface area contributed by atoms with Gasteiger partial charge < -0.3 is 10.2 Å². The Labute approximate surface area is 260 Å². The van der Waals surface area contributed by atoms with Crippen molar-refractivity contribution >= 4 is 56.4 Å². The number of nitrogens with zero attached hydrogens (tertiary/aromatic N) is 3. The molecule has 0 spiro atoms. The van der Waals surface area contributed by atoms with Crippen LogP contribution in [0.2, 0.25) is 10.0 Å². The molecular weight excluding hydrogens is 615 g/mol. The molecule has 1 saturated carbocycles. The van der Waals surface area contributed by atoms with Crippen molar-refractivity contribution in [3.63, 3.8) is 0 Å². The number of nitro groups is 1. The summed E-state index contributed by atoms with van der Waals surface area (Å²) in [6.07, 6.45) is 3.93. The lowest BCUT2D eigenvalue weighted by Crippen LogP contribution is -2.53. The summed E-state index contributed by atoms with van der Waals surface area (Å²) in [5.41, 5.74) is 0.101. The number of anilines is 1. The van der Waals surface area contributed by atoms with Gasteiger partial charge in [-0.15, -0.1) is 0 Å². The fourth-order valence-electron chi connectivity index (χ4n) is 5.13. The highest BCUT2D eigenvalue weighted by Gasteiger charge is 2.35. The fourth-order valence-corrected chi connectivity index (χ4v) is 7.03. The number of amides is 2. The molecule has 2 amide bonds. The molecule has 0 heterocycles. The summed E-state index contributed by atoms with van der Waals surface area (Å²) >= 11 is 12.5. The van der Waals surface area contributed by atoms with Crippen LogP contribution in [0.25, 0.3) is 0 Å². The summed E-state index contributed by atoms with van der Waals surface area (Å²) < 4.78 is 28.6. The smallest absolute Gasteiger partial charge is 0.271 e. The molecule has 4 rings (SSSR count). The lowest BCUT2D eigenvalue weighted by atomic mass is 10.1. The van der Waals surface area contributed by atoms with Crippen molar-refractivity contribution in [2.75, 3.05) is 10.8 Å². The number of carbonyl (C=O) groups excluding carboxylic acids is 2. The molecule has 228 valence electrons. The van der Waals surface area contributed by atoms with E-state index in [2.05, 4.69) is 5.32 Å². The minimum absolute atomic E-state index is 0.00236. The van der Waals surface area contributed by atoms with Crippen LogP contribution >= 0.6 is 23.2 Å². The van der Waals surface area contributed by atoms with Crippen molar-refractivity contribution in [2.45, 2.75) is 62.6 Å². The van der Waals surface area contributed by atoms with Crippen LogP contribution in [0.1, 0.15) is 44.6 Å². The molecular formula is C30H32Cl2N4O6S. The van der Waals surface area contributed by atoms with Gasteiger partial charge in [-0.1, -0.05) is 73.3 Å². The van der Waals surface area contributed by atoms with E-state index >= 15 is 0 Å². The van der Waals surface area contributed by atoms with Crippen molar-refractivity contribution < 1.29 is 22.9 Å². The Hall–Kier alpha value is -3.67. The highest BCUT2D eigenvalue weighted by atomic mass is 35.5. The molecule has 0 radical (unpaired) electrons. The molecule has 0 aromatic heterocycles. The predicted molar refractivity (Wildman–Crippen MR) is 166 cm³/mol. The Balaban J connectivity index is 1.76. The van der Waals surface area contributed by atoms with Gasteiger partial charge >= 0.3 is 0 Å². The summed E-state index contributed by atoms with van der Waals surface area (Å²) in [5, 5.41) is 15.2. The minimum atomic E-state index is -4.36. The van der Waals surface area contributed by atoms with E-state index in [4.69, 9.17) is 23.2 Å². The molecule has 1 atom stereocenters. The average molecular weight is 648 g/mol. The molecule has 1 N–H and O–H groups in total. The number of non-ortho nitro benzene ring substituents is 1. The summed E-state index contributed by atoms with van der Waals surface area (Å²) in [7, 11) is -4.36. The van der Waals surface area contributed by atoms with E-state index in [-0.39, 0.29) is 46.2 Å². The fraction of sp³-hybridized carbons (Fsp3) is 0.333. The van der Waals surface area contributed by atoms with Crippen LogP contribution in [0.4, 0.5) is 11.4 Å². The number of hydrogen-bond acceptors (Lipinski definition) is 6. The van der Waals surface area contributed by atoms with Gasteiger partial charge in [0.1, 0.15) is 12.6 Å². The molecule has 0 bridgehead atoms. The zero-order valence-electron chi connectivity index (χ0n) is 23.5. The third-order valence-corrected chi connectivity index (χ3v) is 9.76. The standard InChI is InChI=1S/C30H32Cl2N4O6S/c1-2-28(30(38)33-23-9-6-7-10-23)34(19-21-15-16-22(31)17-27(21)32)29(37)20-35(24-11-8-12-25(18-24)36(39)40)43(41,42)26-13-4-3-5-14-26/h3-5,8,11-18,23,28H,2,6-7,9-10,19-20H2,1H3,(H,33,38)/t28-/m1/s1. The summed E-state index contributed by atoms with van der Waals surface area (Å²) in [6, 6.07) is 16.4. The number of nitro benzene ring substituents is 1. The number of benzene rings is 3. The van der Waals surface area contributed by atoms with Crippen LogP contribution in [0.3, 0.4) is 0 Å². The number of hydrogen-bond donors (Lipinski definition) is 1. The normalized spacial score (nSPS) is 14.2. The van der Waals surface area contributed by atoms with Crippen molar-refractivity contribution in [1.29, 1.82) is 0 Å². The van der Waals surface area contributed by atoms with Gasteiger partial charge in [0.2, 0.25) is 11.8 Å². The number of nitrogens with one attached hydrogen (secondary N) is 1. The van der Waals surface area contributed by atoms with E-state index in [1.807, 2.05) is 0 Å². The van der Waals surface area contributed by atoms with E-state index in [1.54, 1.807) is 25.1 Å². The number of carbonyl (C=O) groups is 2. The van der Waals surface area contributed by atoms with Gasteiger partial charge in [-0.3, -0.25) is 24.0 Å². The monoisotopic (exact) mass is 646 g/mol. The Morgan fingerprint density at radius 3 is 2.35 bits per heavy atom. The molecule has 1 fully saturated rings. The molecule has 3 aromatic rings. The first-order valence-electron chi connectivity index (χ1n) is 13.9. The number of halogens is 2. The highest BCUT2D eigenvalue weighted by Crippen LogP contribution is 2.29. The van der Waals surface area contributed by atoms with Crippen LogP contribution in [0, 0.1) is 10.1 Å². The van der Waals surface area contributed by atoms with E-state index in [0.717, 1.165) is 36.1 Å². The van der Waals surface area contributed by atoms with Crippen molar-refractivity contribution in [3.8, 4) is 0 Å². The zero-order chi connectivity index (χ0) is 31.1. The maximum atomic E-state index is 14.2. The molecule has 1 aliphatic rings. The van der Waals surface area contributed by atoms with Crippen LogP contribution in [-0.4, -0.2) is 48.7 Å². The number of rotatable bonds is 12. The average Bonchev–Trinajstić information content (AvgIpc) is 3.50. The summed E-state index contributed by atoms with van der Waals surface area (Å²) in [5.74, 6) is -1.04. The highest BCUT2D eigenvalue weighted by molar-refractivity contribution is 7.92. The molecule has 3 aromatic carbocycles. The quantitative estimate of drug-likeness (QED) is 0.191. The Bertz CT molecular complexity index is 1580. The molecule has 0 aliphatic heterocycles. The van der Waals surface area contributed by atoms with Crippen LogP contribution in [-0.2, 0) is 26.2 Å². The van der Waals surface area contributed by atoms with E-state index in [9.17, 15) is 28.1 Å². The zero-order valence-corrected chi connectivity index (χ0v) is 25.8. The Morgan fingerprint density at radius 1 is 1.02 bits per heavy atom. The van der Waals surface area contributed by atoms with Gasteiger partial charge in [0.15, 0.2) is 0 Å². The first-order chi connectivity index (χ1) is 20.5. The summed E-state index contributed by atoms with van der Waals surface area (Å²) in [4.78, 5) is 39.8. The van der Waals surface area contributed by atoms with Gasteiger partial charge in [0.25, 0.3) is 15.7 Å². The molecule has 10 nitrogen and oxygen atoms in total. The second-order valence-electron chi connectivity index (χ2n) is 10.3. The van der Waals surface area contributed by atoms with Crippen LogP contribution < -0.4 is 9.62 Å². The lowest BCUT2D eigenvalue weighted by Gasteiger charge is -2.34. The maximum Gasteiger partial charge on any atom is 0.271 e. The van der Waals surface area contributed by atoms with Crippen molar-refractivity contribution in [2.24, 2.45) is 0 Å². The van der Waals surface area contributed by atoms with Crippen molar-refractivity contribution in [3.05, 3.63) is 98.5 Å². The van der Waals surface area contributed by atoms with Crippen LogP contribution in [0.15, 0.2) is 77.7 Å². The van der Waals surface area contributed by atoms with E-state index in [0.29, 0.717) is 10.6 Å². The number of sulfonamides is 1. The van der Waals surface area contributed by atoms with Gasteiger partial charge in [0, 0.05) is 34.8 Å². The molecule has 0 unspecified atom stereocenters. The molecule has 43 heavy (non-hydrogen) atoms. The molecule has 13 heteroatoms. The van der Waals surface area contributed by atoms with E-state index < -0.39 is 33.4 Å². The molecule has 1 aliphatic carbocycles. The topological polar surface area (TPSA) is 130 Å². The third-order valence-electron chi connectivity index (χ3n) is 7.38. The van der Waals surface area contributed by atoms with Gasteiger partial charge in [-0.2, -0.15) is 0 Å². The van der Waals surface area contributed by atoms with E-state index in [1.165, 1.54) is 53.4 Å². The van der Waals surface area contributed by atoms with Gasteiger partial charge in [0.05, 0.1) is 15.5 Å². The first kappa shape index (κ1) is 32.2. The lowest BCUT2D eigenvalue weighted by molar-refractivity contribution is -0.384. The second-order valence-corrected chi connectivity index (χ2v) is 13.0.